The van der Waals surface area contributed by atoms with Gasteiger partial charge in [0, 0.05) is 59.8 Å². The fourth-order valence-electron chi connectivity index (χ4n) is 4.44. The van der Waals surface area contributed by atoms with Crippen LogP contribution in [0.2, 0.25) is 0 Å². The maximum absolute atomic E-state index is 13.8. The standard InChI is InChI=1S/C26H29BrFN3O2/c1-4-33-26(32)24-18(2)31(22-11-7-20(27)8-12-22)23(17-30-15-13-29(3)14-16-30)25(24)19-5-9-21(28)10-6-19/h5-12H,4,13-17H2,1-3H3. The van der Waals surface area contributed by atoms with Gasteiger partial charge in [-0.2, -0.15) is 0 Å². The van der Waals surface area contributed by atoms with Crippen molar-refractivity contribution in [3.05, 3.63) is 75.8 Å². The monoisotopic (exact) mass is 513 g/mol. The van der Waals surface area contributed by atoms with Gasteiger partial charge in [-0.3, -0.25) is 4.90 Å². The minimum absolute atomic E-state index is 0.290. The van der Waals surface area contributed by atoms with Gasteiger partial charge >= 0.3 is 5.97 Å². The van der Waals surface area contributed by atoms with E-state index in [0.717, 1.165) is 58.9 Å². The third-order valence-corrected chi connectivity index (χ3v) is 6.70. The molecule has 2 aromatic carbocycles. The molecule has 5 nitrogen and oxygen atoms in total. The number of carbonyl (C=O) groups excluding carboxylic acids is 1. The van der Waals surface area contributed by atoms with Gasteiger partial charge in [-0.1, -0.05) is 28.1 Å². The normalized spacial score (nSPS) is 15.1. The van der Waals surface area contributed by atoms with Gasteiger partial charge in [-0.25, -0.2) is 9.18 Å². The maximum Gasteiger partial charge on any atom is 0.340 e. The molecule has 33 heavy (non-hydrogen) atoms. The van der Waals surface area contributed by atoms with Gasteiger partial charge in [0.1, 0.15) is 5.82 Å². The number of piperazine rings is 1. The lowest BCUT2D eigenvalue weighted by Gasteiger charge is -2.33. The quantitative estimate of drug-likeness (QED) is 0.420. The van der Waals surface area contributed by atoms with Crippen molar-refractivity contribution in [2.45, 2.75) is 20.4 Å². The molecule has 0 spiro atoms. The molecule has 1 saturated heterocycles. The van der Waals surface area contributed by atoms with Crippen molar-refractivity contribution in [2.24, 2.45) is 0 Å². The van der Waals surface area contributed by atoms with Crippen LogP contribution in [0.25, 0.3) is 16.8 Å². The van der Waals surface area contributed by atoms with Crippen LogP contribution in [0.15, 0.2) is 53.0 Å². The van der Waals surface area contributed by atoms with Gasteiger partial charge in [0.2, 0.25) is 0 Å². The van der Waals surface area contributed by atoms with Crippen LogP contribution in [0.1, 0.15) is 28.7 Å². The molecule has 1 aromatic heterocycles. The van der Waals surface area contributed by atoms with Gasteiger partial charge in [-0.15, -0.1) is 0 Å². The van der Waals surface area contributed by atoms with Crippen molar-refractivity contribution >= 4 is 21.9 Å². The second-order valence-electron chi connectivity index (χ2n) is 8.40. The molecule has 1 aliphatic rings. The summed E-state index contributed by atoms with van der Waals surface area (Å²) in [6.07, 6.45) is 0. The lowest BCUT2D eigenvalue weighted by atomic mass is 9.99. The number of carbonyl (C=O) groups is 1. The van der Waals surface area contributed by atoms with Crippen LogP contribution in [0.4, 0.5) is 4.39 Å². The molecule has 0 aliphatic carbocycles. The summed E-state index contributed by atoms with van der Waals surface area (Å²) in [5, 5.41) is 0. The van der Waals surface area contributed by atoms with Crippen LogP contribution >= 0.6 is 15.9 Å². The second-order valence-corrected chi connectivity index (χ2v) is 9.32. The molecule has 0 N–H and O–H groups in total. The number of benzene rings is 2. The highest BCUT2D eigenvalue weighted by molar-refractivity contribution is 9.10. The van der Waals surface area contributed by atoms with E-state index in [0.29, 0.717) is 18.7 Å². The predicted octanol–water partition coefficient (Wildman–Crippen LogP) is 5.28. The van der Waals surface area contributed by atoms with Crippen LogP contribution < -0.4 is 0 Å². The number of aromatic nitrogens is 1. The fraction of sp³-hybridized carbons (Fsp3) is 0.346. The van der Waals surface area contributed by atoms with E-state index in [4.69, 9.17) is 4.74 Å². The van der Waals surface area contributed by atoms with Crippen molar-refractivity contribution in [3.63, 3.8) is 0 Å². The summed E-state index contributed by atoms with van der Waals surface area (Å²) in [7, 11) is 2.13. The number of halogens is 2. The SMILES string of the molecule is CCOC(=O)c1c(-c2ccc(F)cc2)c(CN2CCN(C)CC2)n(-c2ccc(Br)cc2)c1C. The first-order valence-electron chi connectivity index (χ1n) is 11.2. The molecule has 0 amide bonds. The summed E-state index contributed by atoms with van der Waals surface area (Å²) in [6, 6.07) is 14.4. The van der Waals surface area contributed by atoms with E-state index in [1.807, 2.05) is 38.1 Å². The Labute approximate surface area is 202 Å². The average Bonchev–Trinajstić information content (AvgIpc) is 3.08. The van der Waals surface area contributed by atoms with Crippen LogP contribution in [-0.2, 0) is 11.3 Å². The highest BCUT2D eigenvalue weighted by Crippen LogP contribution is 2.37. The van der Waals surface area contributed by atoms with E-state index in [9.17, 15) is 9.18 Å². The summed E-state index contributed by atoms with van der Waals surface area (Å²) in [5.74, 6) is -0.661. The maximum atomic E-state index is 13.8. The Kier molecular flexibility index (Phi) is 7.32. The van der Waals surface area contributed by atoms with E-state index < -0.39 is 0 Å². The summed E-state index contributed by atoms with van der Waals surface area (Å²) in [6.45, 7) is 8.60. The molecule has 174 valence electrons. The Morgan fingerprint density at radius 2 is 1.67 bits per heavy atom. The van der Waals surface area contributed by atoms with Gasteiger partial charge in [0.05, 0.1) is 12.2 Å². The van der Waals surface area contributed by atoms with E-state index >= 15 is 0 Å². The third kappa shape index (κ3) is 5.05. The van der Waals surface area contributed by atoms with Gasteiger partial charge in [0.15, 0.2) is 0 Å². The third-order valence-electron chi connectivity index (χ3n) is 6.17. The number of esters is 1. The minimum atomic E-state index is -0.357. The second kappa shape index (κ2) is 10.2. The summed E-state index contributed by atoms with van der Waals surface area (Å²) < 4.78 is 22.4. The van der Waals surface area contributed by atoms with Crippen LogP contribution in [0.5, 0.6) is 0 Å². The highest BCUT2D eigenvalue weighted by atomic mass is 79.9. The van der Waals surface area contributed by atoms with Crippen LogP contribution in [0.3, 0.4) is 0 Å². The first kappa shape index (κ1) is 23.7. The number of hydrogen-bond donors (Lipinski definition) is 0. The summed E-state index contributed by atoms with van der Waals surface area (Å²) >= 11 is 3.52. The van der Waals surface area contributed by atoms with Gasteiger partial charge < -0.3 is 14.2 Å². The van der Waals surface area contributed by atoms with Gasteiger partial charge in [0.25, 0.3) is 0 Å². The Balaban J connectivity index is 1.94. The molecular formula is C26H29BrFN3O2. The van der Waals surface area contributed by atoms with E-state index in [-0.39, 0.29) is 11.8 Å². The highest BCUT2D eigenvalue weighted by Gasteiger charge is 2.29. The summed E-state index contributed by atoms with van der Waals surface area (Å²) in [5.41, 5.74) is 4.96. The Morgan fingerprint density at radius 1 is 1.03 bits per heavy atom. The molecule has 3 aromatic rings. The smallest absolute Gasteiger partial charge is 0.340 e. The molecule has 4 rings (SSSR count). The Morgan fingerprint density at radius 3 is 2.27 bits per heavy atom. The molecular weight excluding hydrogens is 485 g/mol. The van der Waals surface area contributed by atoms with Crippen LogP contribution in [0, 0.1) is 12.7 Å². The molecule has 1 aliphatic heterocycles. The lowest BCUT2D eigenvalue weighted by molar-refractivity contribution is 0.0526. The topological polar surface area (TPSA) is 37.7 Å². The van der Waals surface area contributed by atoms with Crippen molar-refractivity contribution in [1.82, 2.24) is 14.4 Å². The van der Waals surface area contributed by atoms with Crippen molar-refractivity contribution < 1.29 is 13.9 Å². The molecule has 0 atom stereocenters. The first-order valence-corrected chi connectivity index (χ1v) is 12.0. The van der Waals surface area contributed by atoms with E-state index in [1.54, 1.807) is 12.1 Å². The largest absolute Gasteiger partial charge is 0.462 e. The van der Waals surface area contributed by atoms with Crippen molar-refractivity contribution in [1.29, 1.82) is 0 Å². The lowest BCUT2D eigenvalue weighted by Crippen LogP contribution is -2.44. The van der Waals surface area contributed by atoms with Gasteiger partial charge in [-0.05, 0) is 62.9 Å². The zero-order chi connectivity index (χ0) is 23.5. The van der Waals surface area contributed by atoms with Crippen molar-refractivity contribution in [2.75, 3.05) is 39.8 Å². The molecule has 0 saturated carbocycles. The number of likely N-dealkylation sites (N-methyl/N-ethyl adjacent to an activating group) is 1. The van der Waals surface area contributed by atoms with E-state index in [1.165, 1.54) is 12.1 Å². The van der Waals surface area contributed by atoms with E-state index in [2.05, 4.69) is 37.3 Å². The molecule has 7 heteroatoms. The number of rotatable bonds is 6. The molecule has 0 radical (unpaired) electrons. The molecule has 2 heterocycles. The molecule has 0 unspecified atom stereocenters. The molecule has 1 fully saturated rings. The summed E-state index contributed by atoms with van der Waals surface area (Å²) in [4.78, 5) is 17.9. The average molecular weight is 514 g/mol. The van der Waals surface area contributed by atoms with Crippen LogP contribution in [-0.4, -0.2) is 60.2 Å². The Hall–Kier alpha value is -2.48. The first-order chi connectivity index (χ1) is 15.9. The predicted molar refractivity (Wildman–Crippen MR) is 132 cm³/mol. The zero-order valence-electron chi connectivity index (χ0n) is 19.3. The number of nitrogens with zero attached hydrogens (tertiary/aromatic N) is 3. The number of hydrogen-bond acceptors (Lipinski definition) is 4. The van der Waals surface area contributed by atoms with Crippen molar-refractivity contribution in [3.8, 4) is 16.8 Å². The molecule has 0 bridgehead atoms. The zero-order valence-corrected chi connectivity index (χ0v) is 20.9. The number of ether oxygens (including phenoxy) is 1. The fourth-order valence-corrected chi connectivity index (χ4v) is 4.70. The minimum Gasteiger partial charge on any atom is -0.462 e. The Bertz CT molecular complexity index is 1120.